The van der Waals surface area contributed by atoms with E-state index in [1.165, 1.54) is 10.4 Å². The third-order valence-electron chi connectivity index (χ3n) is 7.85. The lowest BCUT2D eigenvalue weighted by Gasteiger charge is -2.29. The second-order valence-electron chi connectivity index (χ2n) is 12.3. The van der Waals surface area contributed by atoms with Crippen LogP contribution in [0.2, 0.25) is 0 Å². The van der Waals surface area contributed by atoms with E-state index in [0.717, 1.165) is 24.8 Å². The van der Waals surface area contributed by atoms with Crippen molar-refractivity contribution in [1.82, 2.24) is 4.98 Å². The number of nitrogens with zero attached hydrogens (tertiary/aromatic N) is 1. The van der Waals surface area contributed by atoms with Crippen molar-refractivity contribution >= 4 is 28.2 Å². The monoisotopic (exact) mass is 714 g/mol. The first-order valence-electron chi connectivity index (χ1n) is 17.1. The van der Waals surface area contributed by atoms with E-state index in [2.05, 4.69) is 24.1 Å². The Morgan fingerprint density at radius 2 is 1.50 bits per heavy atom. The van der Waals surface area contributed by atoms with Crippen molar-refractivity contribution in [2.24, 2.45) is 5.41 Å². The Morgan fingerprint density at radius 1 is 0.860 bits per heavy atom. The van der Waals surface area contributed by atoms with Gasteiger partial charge in [-0.3, -0.25) is 9.78 Å². The molecule has 3 aromatic rings. The highest BCUT2D eigenvalue weighted by Crippen LogP contribution is 2.47. The van der Waals surface area contributed by atoms with Gasteiger partial charge in [0.25, 0.3) is 5.91 Å². The van der Waals surface area contributed by atoms with Crippen molar-refractivity contribution in [3.63, 3.8) is 0 Å². The highest BCUT2D eigenvalue weighted by atomic mass is 32.1. The summed E-state index contributed by atoms with van der Waals surface area (Å²) in [4.78, 5) is 31.9. The molecule has 0 atom stereocenters. The van der Waals surface area contributed by atoms with Crippen molar-refractivity contribution < 1.29 is 47.9 Å². The number of fused-ring (bicyclic) bond motifs is 1. The van der Waals surface area contributed by atoms with E-state index in [0.29, 0.717) is 100 Å². The molecule has 12 nitrogen and oxygen atoms in total. The number of aliphatic hydroxyl groups excluding tert-OH is 1. The lowest BCUT2D eigenvalue weighted by Crippen LogP contribution is -2.21. The Morgan fingerprint density at radius 3 is 2.14 bits per heavy atom. The molecular weight excluding hydrogens is 664 g/mol. The second-order valence-corrected chi connectivity index (χ2v) is 13.4. The Labute approximate surface area is 298 Å². The molecule has 50 heavy (non-hydrogen) atoms. The van der Waals surface area contributed by atoms with Crippen molar-refractivity contribution in [3.8, 4) is 17.0 Å². The van der Waals surface area contributed by atoms with Crippen LogP contribution in [0.15, 0.2) is 42.6 Å². The number of carbonyl (C=O) groups is 2. The minimum Gasteiger partial charge on any atom is -0.491 e. The minimum absolute atomic E-state index is 0.00953. The molecule has 1 aromatic carbocycles. The van der Waals surface area contributed by atoms with E-state index in [1.54, 1.807) is 60.9 Å². The largest absolute Gasteiger partial charge is 0.491 e. The van der Waals surface area contributed by atoms with Gasteiger partial charge in [-0.05, 0) is 67.5 Å². The zero-order valence-electron chi connectivity index (χ0n) is 29.3. The molecular formula is C37H50N2O10S. The van der Waals surface area contributed by atoms with E-state index >= 15 is 0 Å². The van der Waals surface area contributed by atoms with Crippen molar-refractivity contribution in [2.45, 2.75) is 40.0 Å². The van der Waals surface area contributed by atoms with Crippen LogP contribution in [-0.2, 0) is 41.3 Å². The average Bonchev–Trinajstić information content (AvgIpc) is 3.45. The maximum atomic E-state index is 13.6. The first-order valence-corrected chi connectivity index (χ1v) is 17.9. The maximum Gasteiger partial charge on any atom is 0.338 e. The highest BCUT2D eigenvalue weighted by Gasteiger charge is 2.32. The standard InChI is InChI=1S/C37H50N2O10S/c1-4-48-36(42)28-9-11-38-31(25-28)33-30-8-10-37(2,3)26-32(30)50-35(33)39-34(41)27-6-5-7-29(24-27)49-23-22-47-21-20-46-19-18-45-17-16-44-15-14-43-13-12-40/h5-7,9,11,24-25,40H,4,8,10,12-23,26H2,1-3H3,(H,39,41). The lowest BCUT2D eigenvalue weighted by molar-refractivity contribution is -0.0146. The van der Waals surface area contributed by atoms with Gasteiger partial charge in [0, 0.05) is 22.2 Å². The lowest BCUT2D eigenvalue weighted by atomic mass is 9.76. The zero-order valence-corrected chi connectivity index (χ0v) is 30.1. The van der Waals surface area contributed by atoms with Gasteiger partial charge in [0.1, 0.15) is 17.4 Å². The Balaban J connectivity index is 1.22. The van der Waals surface area contributed by atoms with Crippen LogP contribution in [-0.4, -0.2) is 108 Å². The first kappa shape index (κ1) is 39.4. The molecule has 2 aromatic heterocycles. The van der Waals surface area contributed by atoms with Gasteiger partial charge < -0.3 is 43.6 Å². The second kappa shape index (κ2) is 21.1. The number of anilines is 1. The van der Waals surface area contributed by atoms with Crippen LogP contribution in [0.3, 0.4) is 0 Å². The summed E-state index contributed by atoms with van der Waals surface area (Å²) in [5.74, 6) is -0.0990. The Bertz CT molecular complexity index is 1490. The molecule has 1 amide bonds. The molecule has 13 heteroatoms. The summed E-state index contributed by atoms with van der Waals surface area (Å²) in [5.41, 5.74) is 3.72. The van der Waals surface area contributed by atoms with E-state index < -0.39 is 5.97 Å². The first-order chi connectivity index (χ1) is 24.3. The van der Waals surface area contributed by atoms with E-state index in [4.69, 9.17) is 38.3 Å². The number of hydrogen-bond donors (Lipinski definition) is 2. The van der Waals surface area contributed by atoms with Crippen LogP contribution in [0.5, 0.6) is 5.75 Å². The van der Waals surface area contributed by atoms with Crippen molar-refractivity contribution in [3.05, 3.63) is 64.2 Å². The predicted octanol–water partition coefficient (Wildman–Crippen LogP) is 5.21. The van der Waals surface area contributed by atoms with Gasteiger partial charge in [-0.2, -0.15) is 0 Å². The van der Waals surface area contributed by atoms with Gasteiger partial charge in [0.15, 0.2) is 0 Å². The summed E-state index contributed by atoms with van der Waals surface area (Å²) >= 11 is 1.58. The number of nitrogens with one attached hydrogen (secondary N) is 1. The van der Waals surface area contributed by atoms with E-state index in [1.807, 2.05) is 0 Å². The summed E-state index contributed by atoms with van der Waals surface area (Å²) in [7, 11) is 0. The fourth-order valence-electron chi connectivity index (χ4n) is 5.34. The predicted molar refractivity (Wildman–Crippen MR) is 190 cm³/mol. The van der Waals surface area contributed by atoms with E-state index in [-0.39, 0.29) is 24.5 Å². The van der Waals surface area contributed by atoms with Gasteiger partial charge in [-0.25, -0.2) is 4.79 Å². The fourth-order valence-corrected chi connectivity index (χ4v) is 6.85. The zero-order chi connectivity index (χ0) is 35.6. The highest BCUT2D eigenvalue weighted by molar-refractivity contribution is 7.17. The number of pyridine rings is 1. The maximum absolute atomic E-state index is 13.6. The van der Waals surface area contributed by atoms with E-state index in [9.17, 15) is 9.59 Å². The molecule has 1 aliphatic rings. The number of esters is 1. The molecule has 0 radical (unpaired) electrons. The van der Waals surface area contributed by atoms with Crippen LogP contribution in [0.4, 0.5) is 5.00 Å². The molecule has 0 unspecified atom stereocenters. The number of amides is 1. The van der Waals surface area contributed by atoms with Crippen molar-refractivity contribution in [2.75, 3.05) is 91.2 Å². The summed E-state index contributed by atoms with van der Waals surface area (Å²) in [5, 5.41) is 12.5. The summed E-state index contributed by atoms with van der Waals surface area (Å²) in [6, 6.07) is 10.4. The van der Waals surface area contributed by atoms with Crippen LogP contribution in [0, 0.1) is 5.41 Å². The third-order valence-corrected chi connectivity index (χ3v) is 9.00. The van der Waals surface area contributed by atoms with Crippen LogP contribution in [0.25, 0.3) is 11.3 Å². The summed E-state index contributed by atoms with van der Waals surface area (Å²) < 4.78 is 38.1. The number of rotatable bonds is 23. The molecule has 0 aliphatic heterocycles. The van der Waals surface area contributed by atoms with Gasteiger partial charge >= 0.3 is 5.97 Å². The molecule has 2 heterocycles. The topological polar surface area (TPSA) is 144 Å². The SMILES string of the molecule is CCOC(=O)c1ccnc(-c2c(NC(=O)c3cccc(OCCOCCOCCOCCOCCOCCO)c3)sc3c2CCC(C)(C)C3)c1. The minimum atomic E-state index is -0.402. The molecule has 0 fully saturated rings. The smallest absolute Gasteiger partial charge is 0.338 e. The number of aromatic nitrogens is 1. The number of thiophene rings is 1. The average molecular weight is 715 g/mol. The molecule has 0 spiro atoms. The quantitative estimate of drug-likeness (QED) is 0.0988. The number of carbonyl (C=O) groups excluding carboxylic acids is 2. The molecule has 0 saturated heterocycles. The Kier molecular flexibility index (Phi) is 16.6. The van der Waals surface area contributed by atoms with Crippen LogP contribution >= 0.6 is 11.3 Å². The molecule has 2 N–H and O–H groups in total. The number of ether oxygens (including phenoxy) is 7. The molecule has 1 aliphatic carbocycles. The molecule has 274 valence electrons. The molecule has 0 bridgehead atoms. The molecule has 4 rings (SSSR count). The van der Waals surface area contributed by atoms with Crippen LogP contribution in [0.1, 0.15) is 58.3 Å². The van der Waals surface area contributed by atoms with Gasteiger partial charge in [-0.1, -0.05) is 19.9 Å². The van der Waals surface area contributed by atoms with Crippen LogP contribution < -0.4 is 10.1 Å². The summed E-state index contributed by atoms with van der Waals surface area (Å²) in [6.45, 7) is 11.2. The third kappa shape index (κ3) is 12.7. The number of aliphatic hydroxyl groups is 1. The number of benzene rings is 1. The Hall–Kier alpha value is -3.43. The number of hydrogen-bond acceptors (Lipinski definition) is 12. The van der Waals surface area contributed by atoms with Gasteiger partial charge in [0.2, 0.25) is 0 Å². The van der Waals surface area contributed by atoms with Gasteiger partial charge in [-0.15, -0.1) is 11.3 Å². The fraction of sp³-hybridized carbons (Fsp3) is 0.541. The normalized spacial score (nSPS) is 13.5. The van der Waals surface area contributed by atoms with Gasteiger partial charge in [0.05, 0.1) is 90.5 Å². The summed E-state index contributed by atoms with van der Waals surface area (Å²) in [6.07, 6.45) is 4.39. The molecule has 0 saturated carbocycles. The van der Waals surface area contributed by atoms with Crippen molar-refractivity contribution in [1.29, 1.82) is 0 Å².